The maximum Gasteiger partial charge on any atom is 0.163 e. The molecule has 0 amide bonds. The van der Waals surface area contributed by atoms with E-state index in [-0.39, 0.29) is 18.7 Å². The van der Waals surface area contributed by atoms with Gasteiger partial charge >= 0.3 is 0 Å². The molecule has 6 heteroatoms. The van der Waals surface area contributed by atoms with E-state index in [1.165, 1.54) is 0 Å². The van der Waals surface area contributed by atoms with Crippen molar-refractivity contribution in [3.05, 3.63) is 43.7 Å². The number of benzene rings is 1. The molecule has 1 rings (SSSR count). The molecule has 0 fully saturated rings. The van der Waals surface area contributed by atoms with Crippen molar-refractivity contribution in [1.29, 1.82) is 0 Å². The van der Waals surface area contributed by atoms with Crippen molar-refractivity contribution in [3.8, 4) is 0 Å². The number of carbonyl (C=O) groups is 1. The quantitative estimate of drug-likeness (QED) is 0.357. The molecule has 0 unspecified atom stereocenters. The highest BCUT2D eigenvalue weighted by Crippen LogP contribution is 2.23. The largest absolute Gasteiger partial charge is 0.294 e. The van der Waals surface area contributed by atoms with Crippen LogP contribution in [0.1, 0.15) is 16.8 Å². The Morgan fingerprint density at radius 3 is 2.93 bits per heavy atom. The Kier molecular flexibility index (Phi) is 4.62. The highest BCUT2D eigenvalue weighted by Gasteiger charge is 2.06. The van der Waals surface area contributed by atoms with Crippen LogP contribution in [0.4, 0.5) is 0 Å². The summed E-state index contributed by atoms with van der Waals surface area (Å²) in [7, 11) is 0. The normalized spacial score (nSPS) is 9.47. The molecule has 0 radical (unpaired) electrons. The van der Waals surface area contributed by atoms with Gasteiger partial charge < -0.3 is 0 Å². The van der Waals surface area contributed by atoms with Crippen LogP contribution < -0.4 is 0 Å². The monoisotopic (exact) mass is 287 g/mol. The third-order valence-corrected chi connectivity index (χ3v) is 2.98. The van der Waals surface area contributed by atoms with E-state index in [2.05, 4.69) is 26.0 Å². The first-order chi connectivity index (χ1) is 7.15. The molecule has 4 nitrogen and oxygen atoms in total. The van der Waals surface area contributed by atoms with Gasteiger partial charge in [-0.3, -0.25) is 4.79 Å². The van der Waals surface area contributed by atoms with Gasteiger partial charge in [0.05, 0.1) is 5.02 Å². The fraction of sp³-hybridized carbons (Fsp3) is 0.222. The number of Topliss-reactive ketones (excluding diaryl/α,β-unsaturated/α-hetero) is 1. The van der Waals surface area contributed by atoms with Gasteiger partial charge in [-0.25, -0.2) is 0 Å². The second-order valence-electron chi connectivity index (χ2n) is 2.76. The number of ketones is 1. The molecule has 0 aliphatic carbocycles. The first-order valence-corrected chi connectivity index (χ1v) is 5.31. The lowest BCUT2D eigenvalue weighted by Gasteiger charge is -2.00. The van der Waals surface area contributed by atoms with Crippen LogP contribution >= 0.6 is 27.5 Å². The Labute approximate surface area is 100.0 Å². The molecule has 0 N–H and O–H groups in total. The van der Waals surface area contributed by atoms with Crippen LogP contribution in [-0.4, -0.2) is 12.3 Å². The van der Waals surface area contributed by atoms with Gasteiger partial charge in [-0.15, -0.1) is 0 Å². The van der Waals surface area contributed by atoms with Crippen LogP contribution in [0.2, 0.25) is 5.02 Å². The zero-order valence-electron chi connectivity index (χ0n) is 7.65. The summed E-state index contributed by atoms with van der Waals surface area (Å²) in [6.07, 6.45) is 0.196. The van der Waals surface area contributed by atoms with Gasteiger partial charge in [-0.2, -0.15) is 0 Å². The Bertz CT molecular complexity index is 429. The number of halogens is 2. The first kappa shape index (κ1) is 12.0. The van der Waals surface area contributed by atoms with Crippen molar-refractivity contribution in [2.75, 3.05) is 6.54 Å². The average Bonchev–Trinajstić information content (AvgIpc) is 2.22. The molecule has 0 saturated carbocycles. The smallest absolute Gasteiger partial charge is 0.163 e. The van der Waals surface area contributed by atoms with E-state index in [0.717, 1.165) is 4.47 Å². The van der Waals surface area contributed by atoms with E-state index >= 15 is 0 Å². The summed E-state index contributed by atoms with van der Waals surface area (Å²) in [5, 5.41) is 3.79. The van der Waals surface area contributed by atoms with Crippen LogP contribution in [0.15, 0.2) is 27.8 Å². The van der Waals surface area contributed by atoms with Crippen molar-refractivity contribution in [2.45, 2.75) is 6.42 Å². The number of hydrogen-bond donors (Lipinski definition) is 0. The molecule has 1 aromatic carbocycles. The van der Waals surface area contributed by atoms with Crippen LogP contribution in [0.5, 0.6) is 0 Å². The molecule has 0 heterocycles. The summed E-state index contributed by atoms with van der Waals surface area (Å²) in [5.74, 6) is -0.0863. The molecule has 0 aliphatic rings. The summed E-state index contributed by atoms with van der Waals surface area (Å²) in [6, 6.07) is 4.97. The number of hydrogen-bond acceptors (Lipinski definition) is 2. The minimum Gasteiger partial charge on any atom is -0.294 e. The number of rotatable bonds is 4. The van der Waals surface area contributed by atoms with E-state index in [9.17, 15) is 4.79 Å². The molecule has 78 valence electrons. The number of azide groups is 1. The van der Waals surface area contributed by atoms with E-state index in [1.807, 2.05) is 0 Å². The van der Waals surface area contributed by atoms with Gasteiger partial charge in [0.1, 0.15) is 0 Å². The molecule has 0 spiro atoms. The first-order valence-electron chi connectivity index (χ1n) is 4.14. The fourth-order valence-electron chi connectivity index (χ4n) is 1.01. The van der Waals surface area contributed by atoms with Gasteiger partial charge in [-0.05, 0) is 33.6 Å². The zero-order chi connectivity index (χ0) is 11.3. The molecule has 0 aliphatic heterocycles. The molecule has 15 heavy (non-hydrogen) atoms. The van der Waals surface area contributed by atoms with Crippen molar-refractivity contribution >= 4 is 33.3 Å². The van der Waals surface area contributed by atoms with E-state index in [1.54, 1.807) is 18.2 Å². The predicted octanol–water partition coefficient (Wildman–Crippen LogP) is 3.99. The number of carbonyl (C=O) groups excluding carboxylic acids is 1. The summed E-state index contributed by atoms with van der Waals surface area (Å²) in [6.45, 7) is 0.170. The lowest BCUT2D eigenvalue weighted by atomic mass is 10.1. The second kappa shape index (κ2) is 5.75. The van der Waals surface area contributed by atoms with Crippen molar-refractivity contribution in [3.63, 3.8) is 0 Å². The fourth-order valence-corrected chi connectivity index (χ4v) is 1.44. The Morgan fingerprint density at radius 2 is 2.33 bits per heavy atom. The summed E-state index contributed by atoms with van der Waals surface area (Å²) >= 11 is 9.07. The predicted molar refractivity (Wildman–Crippen MR) is 62.1 cm³/mol. The van der Waals surface area contributed by atoms with Gasteiger partial charge in [0.15, 0.2) is 5.78 Å². The van der Waals surface area contributed by atoms with Crippen LogP contribution in [0, 0.1) is 0 Å². The number of nitrogens with zero attached hydrogens (tertiary/aromatic N) is 3. The minimum atomic E-state index is -0.0863. The van der Waals surface area contributed by atoms with E-state index < -0.39 is 0 Å². The maximum atomic E-state index is 11.5. The lowest BCUT2D eigenvalue weighted by molar-refractivity contribution is 0.0985. The van der Waals surface area contributed by atoms with Crippen LogP contribution in [0.3, 0.4) is 0 Å². The molecule has 0 bridgehead atoms. The van der Waals surface area contributed by atoms with Gasteiger partial charge in [0, 0.05) is 27.9 Å². The van der Waals surface area contributed by atoms with E-state index in [4.69, 9.17) is 17.1 Å². The third-order valence-electron chi connectivity index (χ3n) is 1.74. The summed E-state index contributed by atoms with van der Waals surface area (Å²) in [4.78, 5) is 14.1. The van der Waals surface area contributed by atoms with Gasteiger partial charge in [0.25, 0.3) is 0 Å². The summed E-state index contributed by atoms with van der Waals surface area (Å²) < 4.78 is 0.746. The van der Waals surface area contributed by atoms with Crippen molar-refractivity contribution in [2.24, 2.45) is 5.11 Å². The van der Waals surface area contributed by atoms with E-state index in [0.29, 0.717) is 10.6 Å². The third kappa shape index (κ3) is 3.55. The van der Waals surface area contributed by atoms with Gasteiger partial charge in [-0.1, -0.05) is 22.8 Å². The Morgan fingerprint density at radius 1 is 1.60 bits per heavy atom. The van der Waals surface area contributed by atoms with Gasteiger partial charge in [0.2, 0.25) is 0 Å². The molecular formula is C9H7BrClN3O. The highest BCUT2D eigenvalue weighted by molar-refractivity contribution is 9.10. The second-order valence-corrected chi connectivity index (χ2v) is 4.02. The standard InChI is InChI=1S/C9H7BrClN3O/c10-7-2-1-6(5-8(7)11)9(15)3-4-13-14-12/h1-2,5H,3-4H2. The average molecular weight is 289 g/mol. The minimum absolute atomic E-state index is 0.0863. The molecule has 0 saturated heterocycles. The van der Waals surface area contributed by atoms with Crippen molar-refractivity contribution < 1.29 is 4.79 Å². The lowest BCUT2D eigenvalue weighted by Crippen LogP contribution is -2.00. The van der Waals surface area contributed by atoms with Crippen molar-refractivity contribution in [1.82, 2.24) is 0 Å². The van der Waals surface area contributed by atoms with Crippen LogP contribution in [0.25, 0.3) is 10.4 Å². The SMILES string of the molecule is [N-]=[N+]=NCCC(=O)c1ccc(Br)c(Cl)c1. The van der Waals surface area contributed by atoms with Crippen LogP contribution in [-0.2, 0) is 0 Å². The molecule has 0 aromatic heterocycles. The molecule has 0 atom stereocenters. The zero-order valence-corrected chi connectivity index (χ0v) is 9.99. The maximum absolute atomic E-state index is 11.5. The topological polar surface area (TPSA) is 65.8 Å². The molecule has 1 aromatic rings. The summed E-state index contributed by atoms with van der Waals surface area (Å²) in [5.41, 5.74) is 8.57. The Balaban J connectivity index is 2.74. The Hall–Kier alpha value is -1.03. The highest BCUT2D eigenvalue weighted by atomic mass is 79.9. The molecular weight excluding hydrogens is 281 g/mol.